The number of aromatic nitrogens is 2. The first-order chi connectivity index (χ1) is 11.6. The van der Waals surface area contributed by atoms with Crippen LogP contribution in [0.25, 0.3) is 11.0 Å². The summed E-state index contributed by atoms with van der Waals surface area (Å²) in [6.07, 6.45) is 3.19. The van der Waals surface area contributed by atoms with Gasteiger partial charge < -0.3 is 9.64 Å². The number of rotatable bonds is 4. The number of hydrogen-bond acceptors (Lipinski definition) is 4. The molecule has 24 heavy (non-hydrogen) atoms. The van der Waals surface area contributed by atoms with E-state index >= 15 is 0 Å². The third-order valence-electron chi connectivity index (χ3n) is 3.70. The van der Waals surface area contributed by atoms with Crippen molar-refractivity contribution in [3.63, 3.8) is 0 Å². The number of hydrogen-bond donors (Lipinski definition) is 0. The van der Waals surface area contributed by atoms with E-state index in [4.69, 9.17) is 4.74 Å². The van der Waals surface area contributed by atoms with E-state index in [1.807, 2.05) is 0 Å². The first-order valence-corrected chi connectivity index (χ1v) is 7.37. The minimum Gasteiger partial charge on any atom is -0.494 e. The van der Waals surface area contributed by atoms with E-state index in [9.17, 15) is 9.18 Å². The summed E-state index contributed by atoms with van der Waals surface area (Å²) in [5.41, 5.74) is 2.59. The van der Waals surface area contributed by atoms with Crippen LogP contribution in [0.3, 0.4) is 0 Å². The highest BCUT2D eigenvalue weighted by Gasteiger charge is 2.14. The maximum absolute atomic E-state index is 13.8. The molecule has 0 spiro atoms. The first kappa shape index (κ1) is 15.9. The van der Waals surface area contributed by atoms with E-state index < -0.39 is 5.82 Å². The van der Waals surface area contributed by atoms with Crippen LogP contribution in [0.4, 0.5) is 4.39 Å². The topological polar surface area (TPSA) is 55.3 Å². The molecular weight excluding hydrogens is 309 g/mol. The molecule has 0 saturated carbocycles. The van der Waals surface area contributed by atoms with Crippen molar-refractivity contribution in [2.75, 3.05) is 14.2 Å². The number of carbonyl (C=O) groups is 1. The SMILES string of the molecule is COc1ccc(CN(C)C(=O)c2ccc3nccnc3c2)cc1F. The summed E-state index contributed by atoms with van der Waals surface area (Å²) in [7, 11) is 3.09. The van der Waals surface area contributed by atoms with Crippen LogP contribution < -0.4 is 4.74 Å². The van der Waals surface area contributed by atoms with Gasteiger partial charge in [-0.2, -0.15) is 0 Å². The molecule has 6 heteroatoms. The Labute approximate surface area is 138 Å². The molecule has 0 saturated heterocycles. The molecule has 1 heterocycles. The lowest BCUT2D eigenvalue weighted by molar-refractivity contribution is 0.0785. The highest BCUT2D eigenvalue weighted by molar-refractivity contribution is 5.97. The quantitative estimate of drug-likeness (QED) is 0.740. The maximum atomic E-state index is 13.8. The summed E-state index contributed by atoms with van der Waals surface area (Å²) in [4.78, 5) is 22.5. The summed E-state index contributed by atoms with van der Waals surface area (Å²) < 4.78 is 18.6. The molecule has 122 valence electrons. The number of carbonyl (C=O) groups excluding carboxylic acids is 1. The fourth-order valence-corrected chi connectivity index (χ4v) is 2.47. The van der Waals surface area contributed by atoms with E-state index in [0.29, 0.717) is 16.6 Å². The van der Waals surface area contributed by atoms with Crippen molar-refractivity contribution in [2.45, 2.75) is 6.54 Å². The van der Waals surface area contributed by atoms with Gasteiger partial charge in [-0.1, -0.05) is 6.07 Å². The maximum Gasteiger partial charge on any atom is 0.253 e. The Morgan fingerprint density at radius 2 is 1.88 bits per heavy atom. The number of methoxy groups -OCH3 is 1. The molecule has 3 aromatic rings. The van der Waals surface area contributed by atoms with Crippen LogP contribution in [0, 0.1) is 5.82 Å². The van der Waals surface area contributed by atoms with Crippen LogP contribution in [-0.4, -0.2) is 34.9 Å². The van der Waals surface area contributed by atoms with Gasteiger partial charge in [0.1, 0.15) is 0 Å². The second-order valence-electron chi connectivity index (χ2n) is 5.39. The second kappa shape index (κ2) is 6.62. The lowest BCUT2D eigenvalue weighted by Crippen LogP contribution is -2.26. The Hall–Kier alpha value is -3.02. The molecule has 0 radical (unpaired) electrons. The van der Waals surface area contributed by atoms with Gasteiger partial charge >= 0.3 is 0 Å². The molecule has 0 fully saturated rings. The van der Waals surface area contributed by atoms with Gasteiger partial charge in [-0.3, -0.25) is 14.8 Å². The summed E-state index contributed by atoms with van der Waals surface area (Å²) >= 11 is 0. The minimum absolute atomic E-state index is 0.168. The lowest BCUT2D eigenvalue weighted by atomic mass is 10.1. The van der Waals surface area contributed by atoms with Gasteiger partial charge in [0.05, 0.1) is 18.1 Å². The fourth-order valence-electron chi connectivity index (χ4n) is 2.47. The zero-order chi connectivity index (χ0) is 17.1. The molecule has 2 aromatic carbocycles. The summed E-state index contributed by atoms with van der Waals surface area (Å²) in [6.45, 7) is 0.290. The third kappa shape index (κ3) is 3.17. The Morgan fingerprint density at radius 3 is 2.58 bits per heavy atom. The predicted molar refractivity (Wildman–Crippen MR) is 88.3 cm³/mol. The van der Waals surface area contributed by atoms with Crippen LogP contribution in [0.15, 0.2) is 48.8 Å². The molecule has 0 aliphatic heterocycles. The highest BCUT2D eigenvalue weighted by atomic mass is 19.1. The lowest BCUT2D eigenvalue weighted by Gasteiger charge is -2.18. The minimum atomic E-state index is -0.447. The molecule has 3 rings (SSSR count). The van der Waals surface area contributed by atoms with Crippen molar-refractivity contribution in [3.05, 3.63) is 65.7 Å². The second-order valence-corrected chi connectivity index (χ2v) is 5.39. The van der Waals surface area contributed by atoms with Crippen molar-refractivity contribution < 1.29 is 13.9 Å². The van der Waals surface area contributed by atoms with Crippen LogP contribution in [0.2, 0.25) is 0 Å². The van der Waals surface area contributed by atoms with Crippen molar-refractivity contribution in [3.8, 4) is 5.75 Å². The average Bonchev–Trinajstić information content (AvgIpc) is 2.60. The first-order valence-electron chi connectivity index (χ1n) is 7.37. The standard InChI is InChI=1S/C18H16FN3O2/c1-22(11-12-3-6-17(24-2)14(19)9-12)18(23)13-4-5-15-16(10-13)21-8-7-20-15/h3-10H,11H2,1-2H3. The molecule has 0 atom stereocenters. The normalized spacial score (nSPS) is 10.6. The van der Waals surface area contributed by atoms with Crippen LogP contribution in [0.5, 0.6) is 5.75 Å². The number of benzene rings is 2. The van der Waals surface area contributed by atoms with E-state index in [0.717, 1.165) is 5.52 Å². The average molecular weight is 325 g/mol. The van der Waals surface area contributed by atoms with Gasteiger partial charge in [-0.05, 0) is 35.9 Å². The molecule has 1 amide bonds. The molecule has 0 N–H and O–H groups in total. The molecule has 0 bridgehead atoms. The Balaban J connectivity index is 1.79. The predicted octanol–water partition coefficient (Wildman–Crippen LogP) is 3.05. The largest absolute Gasteiger partial charge is 0.494 e. The van der Waals surface area contributed by atoms with Crippen LogP contribution >= 0.6 is 0 Å². The zero-order valence-electron chi connectivity index (χ0n) is 13.4. The zero-order valence-corrected chi connectivity index (χ0v) is 13.4. The summed E-state index contributed by atoms with van der Waals surface area (Å²) in [6, 6.07) is 9.83. The third-order valence-corrected chi connectivity index (χ3v) is 3.70. The number of amides is 1. The van der Waals surface area contributed by atoms with E-state index in [1.54, 1.807) is 49.8 Å². The number of nitrogens with zero attached hydrogens (tertiary/aromatic N) is 3. The van der Waals surface area contributed by atoms with E-state index in [1.165, 1.54) is 18.1 Å². The van der Waals surface area contributed by atoms with Gasteiger partial charge in [-0.25, -0.2) is 4.39 Å². The molecule has 5 nitrogen and oxygen atoms in total. The van der Waals surface area contributed by atoms with E-state index in [-0.39, 0.29) is 18.2 Å². The van der Waals surface area contributed by atoms with Gasteiger partial charge in [0.25, 0.3) is 5.91 Å². The molecule has 0 aliphatic carbocycles. The van der Waals surface area contributed by atoms with Crippen LogP contribution in [0.1, 0.15) is 15.9 Å². The molecular formula is C18H16FN3O2. The molecule has 0 unspecified atom stereocenters. The Morgan fingerprint density at radius 1 is 1.12 bits per heavy atom. The van der Waals surface area contributed by atoms with Gasteiger partial charge in [0.2, 0.25) is 0 Å². The van der Waals surface area contributed by atoms with Crippen molar-refractivity contribution in [1.82, 2.24) is 14.9 Å². The van der Waals surface area contributed by atoms with Crippen molar-refractivity contribution >= 4 is 16.9 Å². The van der Waals surface area contributed by atoms with Crippen molar-refractivity contribution in [2.24, 2.45) is 0 Å². The molecule has 1 aromatic heterocycles. The van der Waals surface area contributed by atoms with E-state index in [2.05, 4.69) is 9.97 Å². The van der Waals surface area contributed by atoms with Crippen LogP contribution in [-0.2, 0) is 6.54 Å². The van der Waals surface area contributed by atoms with Crippen molar-refractivity contribution in [1.29, 1.82) is 0 Å². The number of ether oxygens (including phenoxy) is 1. The summed E-state index contributed by atoms with van der Waals surface area (Å²) in [5, 5.41) is 0. The Kier molecular flexibility index (Phi) is 4.37. The number of fused-ring (bicyclic) bond motifs is 1. The van der Waals surface area contributed by atoms with Gasteiger partial charge in [-0.15, -0.1) is 0 Å². The van der Waals surface area contributed by atoms with Gasteiger partial charge in [0, 0.05) is 31.5 Å². The smallest absolute Gasteiger partial charge is 0.253 e. The number of halogens is 1. The highest BCUT2D eigenvalue weighted by Crippen LogP contribution is 2.19. The van der Waals surface area contributed by atoms with Gasteiger partial charge in [0.15, 0.2) is 11.6 Å². The fraction of sp³-hybridized carbons (Fsp3) is 0.167. The monoisotopic (exact) mass is 325 g/mol. The summed E-state index contributed by atoms with van der Waals surface area (Å²) in [5.74, 6) is -0.434. The Bertz CT molecular complexity index is 898. The molecule has 0 aliphatic rings.